The summed E-state index contributed by atoms with van der Waals surface area (Å²) < 4.78 is 5.38. The zero-order valence-electron chi connectivity index (χ0n) is 16.7. The summed E-state index contributed by atoms with van der Waals surface area (Å²) in [5.41, 5.74) is 3.86. The first-order valence-corrected chi connectivity index (χ1v) is 10.7. The van der Waals surface area contributed by atoms with Gasteiger partial charge < -0.3 is 10.1 Å². The first-order valence-electron chi connectivity index (χ1n) is 9.82. The van der Waals surface area contributed by atoms with Crippen LogP contribution in [0.3, 0.4) is 0 Å². The number of thiophene rings is 1. The third kappa shape index (κ3) is 4.27. The van der Waals surface area contributed by atoms with Crippen molar-refractivity contribution in [2.24, 2.45) is 0 Å². The van der Waals surface area contributed by atoms with E-state index in [1.54, 1.807) is 0 Å². The molecule has 1 N–H and O–H groups in total. The van der Waals surface area contributed by atoms with Crippen molar-refractivity contribution >= 4 is 34.4 Å². The van der Waals surface area contributed by atoms with E-state index >= 15 is 0 Å². The summed E-state index contributed by atoms with van der Waals surface area (Å²) in [6, 6.07) is 9.84. The number of carbonyl (C=O) groups is 2. The van der Waals surface area contributed by atoms with Crippen molar-refractivity contribution in [3.05, 3.63) is 57.4 Å². The van der Waals surface area contributed by atoms with Gasteiger partial charge in [0.15, 0.2) is 0 Å². The lowest BCUT2D eigenvalue weighted by molar-refractivity contribution is -0.137. The predicted octanol–water partition coefficient (Wildman–Crippen LogP) is 2.89. The average molecular weight is 412 g/mol. The monoisotopic (exact) mass is 411 g/mol. The fraction of sp³-hybridized carbons (Fsp3) is 0.364. The lowest BCUT2D eigenvalue weighted by Crippen LogP contribution is -2.43. The minimum Gasteiger partial charge on any atom is -0.379 e. The number of imide groups is 1. The summed E-state index contributed by atoms with van der Waals surface area (Å²) in [7, 11) is 0. The molecule has 7 heteroatoms. The lowest BCUT2D eigenvalue weighted by atomic mass is 10.1. The number of aryl methyl sites for hydroxylation is 2. The highest BCUT2D eigenvalue weighted by Crippen LogP contribution is 2.33. The number of nitrogens with zero attached hydrogens (tertiary/aromatic N) is 2. The van der Waals surface area contributed by atoms with E-state index in [-0.39, 0.29) is 11.8 Å². The molecule has 29 heavy (non-hydrogen) atoms. The number of rotatable bonds is 6. The van der Waals surface area contributed by atoms with Gasteiger partial charge >= 0.3 is 0 Å². The Balaban J connectivity index is 1.60. The van der Waals surface area contributed by atoms with Crippen LogP contribution >= 0.6 is 11.3 Å². The van der Waals surface area contributed by atoms with E-state index in [9.17, 15) is 9.59 Å². The van der Waals surface area contributed by atoms with E-state index in [2.05, 4.69) is 16.3 Å². The maximum atomic E-state index is 13.2. The van der Waals surface area contributed by atoms with Gasteiger partial charge in [-0.05, 0) is 48.6 Å². The molecule has 1 saturated heterocycles. The minimum absolute atomic E-state index is 0.224. The van der Waals surface area contributed by atoms with Gasteiger partial charge in [-0.15, -0.1) is 11.3 Å². The highest BCUT2D eigenvalue weighted by Gasteiger charge is 2.39. The van der Waals surface area contributed by atoms with E-state index in [1.165, 1.54) is 16.2 Å². The molecule has 1 aromatic carbocycles. The number of morpholine rings is 1. The number of carbonyl (C=O) groups excluding carboxylic acids is 2. The normalized spacial score (nSPS) is 18.1. The molecule has 2 aliphatic rings. The van der Waals surface area contributed by atoms with Gasteiger partial charge in [-0.2, -0.15) is 0 Å². The van der Waals surface area contributed by atoms with Crippen molar-refractivity contribution in [3.8, 4) is 0 Å². The van der Waals surface area contributed by atoms with Gasteiger partial charge in [-0.1, -0.05) is 12.1 Å². The maximum Gasteiger partial charge on any atom is 0.278 e. The topological polar surface area (TPSA) is 61.9 Å². The lowest BCUT2D eigenvalue weighted by Gasteiger charge is -2.28. The summed E-state index contributed by atoms with van der Waals surface area (Å²) in [5, 5.41) is 5.17. The molecule has 2 amide bonds. The Kier molecular flexibility index (Phi) is 5.80. The van der Waals surface area contributed by atoms with Crippen LogP contribution in [0.25, 0.3) is 5.57 Å². The number of ether oxygens (including phenoxy) is 1. The predicted molar refractivity (Wildman–Crippen MR) is 115 cm³/mol. The minimum atomic E-state index is -0.259. The van der Waals surface area contributed by atoms with Crippen molar-refractivity contribution in [1.82, 2.24) is 9.80 Å². The van der Waals surface area contributed by atoms with Crippen molar-refractivity contribution in [3.63, 3.8) is 0 Å². The van der Waals surface area contributed by atoms with Gasteiger partial charge in [0, 0.05) is 36.7 Å². The van der Waals surface area contributed by atoms with Gasteiger partial charge in [0.25, 0.3) is 11.8 Å². The second-order valence-electron chi connectivity index (χ2n) is 7.44. The number of nitrogens with one attached hydrogen (secondary N) is 1. The van der Waals surface area contributed by atoms with Crippen molar-refractivity contribution in [1.29, 1.82) is 0 Å². The highest BCUT2D eigenvalue weighted by molar-refractivity contribution is 7.11. The quantitative estimate of drug-likeness (QED) is 0.741. The Hall–Kier alpha value is -2.48. The number of amides is 2. The van der Waals surface area contributed by atoms with Crippen molar-refractivity contribution < 1.29 is 14.3 Å². The van der Waals surface area contributed by atoms with E-state index in [4.69, 9.17) is 4.74 Å². The molecule has 0 bridgehead atoms. The molecule has 0 spiro atoms. The molecule has 3 heterocycles. The largest absolute Gasteiger partial charge is 0.379 e. The molecule has 0 unspecified atom stereocenters. The van der Waals surface area contributed by atoms with E-state index < -0.39 is 0 Å². The third-order valence-electron chi connectivity index (χ3n) is 5.17. The SMILES string of the molecule is Cc1cc(C)cc(NC2=C(c3cccs3)C(=O)N(CCN3CCOCC3)C2=O)c1. The first-order chi connectivity index (χ1) is 14.0. The number of hydrogen-bond acceptors (Lipinski definition) is 6. The molecular formula is C22H25N3O3S. The van der Waals surface area contributed by atoms with Gasteiger partial charge in [-0.25, -0.2) is 0 Å². The van der Waals surface area contributed by atoms with Crippen LogP contribution in [0.1, 0.15) is 16.0 Å². The number of hydrogen-bond donors (Lipinski definition) is 1. The zero-order valence-corrected chi connectivity index (χ0v) is 17.6. The highest BCUT2D eigenvalue weighted by atomic mass is 32.1. The summed E-state index contributed by atoms with van der Waals surface area (Å²) in [5.74, 6) is -0.483. The fourth-order valence-electron chi connectivity index (χ4n) is 3.80. The molecule has 2 aliphatic heterocycles. The van der Waals surface area contributed by atoms with Crippen LogP contribution in [0.4, 0.5) is 5.69 Å². The average Bonchev–Trinajstić information content (AvgIpc) is 3.28. The smallest absolute Gasteiger partial charge is 0.278 e. The molecule has 6 nitrogen and oxygen atoms in total. The Morgan fingerprint density at radius 3 is 2.41 bits per heavy atom. The standard InChI is InChI=1S/C22H25N3O3S/c1-15-12-16(2)14-17(13-15)23-20-19(18-4-3-11-29-18)21(26)25(22(20)27)6-5-24-7-9-28-10-8-24/h3-4,11-14,23H,5-10H2,1-2H3. The third-order valence-corrected chi connectivity index (χ3v) is 6.06. The molecule has 0 radical (unpaired) electrons. The van der Waals surface area contributed by atoms with Crippen LogP contribution in [0.5, 0.6) is 0 Å². The zero-order chi connectivity index (χ0) is 20.4. The van der Waals surface area contributed by atoms with Crippen LogP contribution in [0, 0.1) is 13.8 Å². The molecule has 4 rings (SSSR count). The molecule has 1 aromatic heterocycles. The second kappa shape index (κ2) is 8.49. The Morgan fingerprint density at radius 1 is 1.03 bits per heavy atom. The molecule has 0 atom stereocenters. The van der Waals surface area contributed by atoms with Crippen LogP contribution in [-0.2, 0) is 14.3 Å². The van der Waals surface area contributed by atoms with E-state index in [0.29, 0.717) is 37.6 Å². The van der Waals surface area contributed by atoms with Crippen molar-refractivity contribution in [2.45, 2.75) is 13.8 Å². The molecule has 0 aliphatic carbocycles. The molecule has 1 fully saturated rings. The number of anilines is 1. The number of benzene rings is 1. The van der Waals surface area contributed by atoms with E-state index in [0.717, 1.165) is 34.8 Å². The van der Waals surface area contributed by atoms with Gasteiger partial charge in [0.1, 0.15) is 5.70 Å². The van der Waals surface area contributed by atoms with Crippen LogP contribution < -0.4 is 5.32 Å². The van der Waals surface area contributed by atoms with Gasteiger partial charge in [0.05, 0.1) is 18.8 Å². The van der Waals surface area contributed by atoms with Crippen LogP contribution in [0.15, 0.2) is 41.4 Å². The summed E-state index contributed by atoms with van der Waals surface area (Å²) in [4.78, 5) is 30.8. The summed E-state index contributed by atoms with van der Waals surface area (Å²) in [6.45, 7) is 8.12. The molecular weight excluding hydrogens is 386 g/mol. The van der Waals surface area contributed by atoms with Crippen molar-refractivity contribution in [2.75, 3.05) is 44.7 Å². The molecule has 152 valence electrons. The van der Waals surface area contributed by atoms with E-state index in [1.807, 2.05) is 43.5 Å². The fourth-order valence-corrected chi connectivity index (χ4v) is 4.57. The Labute approximate surface area is 174 Å². The Morgan fingerprint density at radius 2 is 1.76 bits per heavy atom. The van der Waals surface area contributed by atoms with Crippen LogP contribution in [-0.4, -0.2) is 61.0 Å². The van der Waals surface area contributed by atoms with Gasteiger partial charge in [-0.3, -0.25) is 19.4 Å². The maximum absolute atomic E-state index is 13.2. The van der Waals surface area contributed by atoms with Gasteiger partial charge in [0.2, 0.25) is 0 Å². The van der Waals surface area contributed by atoms with Crippen LogP contribution in [0.2, 0.25) is 0 Å². The molecule has 0 saturated carbocycles. The molecule has 2 aromatic rings. The summed E-state index contributed by atoms with van der Waals surface area (Å²) >= 11 is 1.47. The first kappa shape index (κ1) is 19.8. The summed E-state index contributed by atoms with van der Waals surface area (Å²) in [6.07, 6.45) is 0. The second-order valence-corrected chi connectivity index (χ2v) is 8.39. The Bertz CT molecular complexity index is 926.